The van der Waals surface area contributed by atoms with Gasteiger partial charge in [-0.3, -0.25) is 9.59 Å². The van der Waals surface area contributed by atoms with E-state index in [0.717, 1.165) is 0 Å². The normalized spacial score (nSPS) is 16.7. The van der Waals surface area contributed by atoms with Crippen molar-refractivity contribution in [3.05, 3.63) is 70.3 Å². The van der Waals surface area contributed by atoms with Crippen molar-refractivity contribution < 1.29 is 24.2 Å². The van der Waals surface area contributed by atoms with Crippen molar-refractivity contribution in [2.24, 2.45) is 0 Å². The van der Waals surface area contributed by atoms with Crippen LogP contribution in [0, 0.1) is 0 Å². The van der Waals surface area contributed by atoms with Gasteiger partial charge in [0.15, 0.2) is 11.6 Å². The predicted molar refractivity (Wildman–Crippen MR) is 96.7 cm³/mol. The second kappa shape index (κ2) is 6.96. The van der Waals surface area contributed by atoms with Crippen molar-refractivity contribution in [2.45, 2.75) is 25.6 Å². The molecule has 0 radical (unpaired) electrons. The zero-order chi connectivity index (χ0) is 19.0. The van der Waals surface area contributed by atoms with Crippen LogP contribution in [0.2, 0.25) is 0 Å². The molecule has 1 aliphatic carbocycles. The summed E-state index contributed by atoms with van der Waals surface area (Å²) >= 11 is 0. The van der Waals surface area contributed by atoms with Crippen LogP contribution < -0.4 is 0 Å². The summed E-state index contributed by atoms with van der Waals surface area (Å²) in [5, 5.41) is 9.51. The minimum atomic E-state index is -0.438. The monoisotopic (exact) mass is 365 g/mol. The lowest BCUT2D eigenvalue weighted by Gasteiger charge is -2.28. The molecule has 2 aromatic rings. The highest BCUT2D eigenvalue weighted by atomic mass is 16.6. The first kappa shape index (κ1) is 17.4. The van der Waals surface area contributed by atoms with Crippen LogP contribution in [0.1, 0.15) is 50.2 Å². The molecule has 0 bridgehead atoms. The summed E-state index contributed by atoms with van der Waals surface area (Å²) in [5.74, 6) is -0.367. The van der Waals surface area contributed by atoms with Gasteiger partial charge in [0.25, 0.3) is 0 Å². The summed E-state index contributed by atoms with van der Waals surface area (Å²) in [6, 6.07) is 11.7. The third-order valence-electron chi connectivity index (χ3n) is 5.07. The Hall–Kier alpha value is -2.99. The molecule has 4 rings (SSSR count). The fraction of sp³-hybridized carbons (Fsp3) is 0.286. The average Bonchev–Trinajstić information content (AvgIpc) is 2.70. The Labute approximate surface area is 156 Å². The lowest BCUT2D eigenvalue weighted by atomic mass is 9.83. The molecular formula is C21H19NO5. The predicted octanol–water partition coefficient (Wildman–Crippen LogP) is 2.56. The standard InChI is InChI=1S/C21H19NO5/c23-14-7-9-22(10-8-14)21(26)27-12-13-5-6-17-18(11-13)20(25)16-4-2-1-3-15(16)19(17)24/h1-6,11,14,23H,7-10,12H2. The largest absolute Gasteiger partial charge is 0.445 e. The molecule has 0 aromatic heterocycles. The van der Waals surface area contributed by atoms with Gasteiger partial charge < -0.3 is 14.7 Å². The number of fused-ring (bicyclic) bond motifs is 2. The maximum absolute atomic E-state index is 12.7. The molecule has 2 aromatic carbocycles. The van der Waals surface area contributed by atoms with E-state index < -0.39 is 6.09 Å². The van der Waals surface area contributed by atoms with E-state index in [1.165, 1.54) is 0 Å². The summed E-state index contributed by atoms with van der Waals surface area (Å²) < 4.78 is 5.33. The highest BCUT2D eigenvalue weighted by Crippen LogP contribution is 2.28. The van der Waals surface area contributed by atoms with Crippen LogP contribution in [-0.2, 0) is 11.3 Å². The first-order valence-corrected chi connectivity index (χ1v) is 8.95. The van der Waals surface area contributed by atoms with E-state index in [0.29, 0.717) is 53.7 Å². The Morgan fingerprint density at radius 3 is 2.22 bits per heavy atom. The van der Waals surface area contributed by atoms with Crippen LogP contribution in [0.25, 0.3) is 0 Å². The number of hydrogen-bond donors (Lipinski definition) is 1. The number of ether oxygens (including phenoxy) is 1. The van der Waals surface area contributed by atoms with Crippen molar-refractivity contribution in [3.63, 3.8) is 0 Å². The lowest BCUT2D eigenvalue weighted by Crippen LogP contribution is -2.40. The number of rotatable bonds is 2. The molecule has 1 aliphatic heterocycles. The van der Waals surface area contributed by atoms with Crippen molar-refractivity contribution in [1.29, 1.82) is 0 Å². The molecule has 2 aliphatic rings. The van der Waals surface area contributed by atoms with Gasteiger partial charge in [0.2, 0.25) is 0 Å². The molecule has 1 heterocycles. The molecule has 1 amide bonds. The second-order valence-corrected chi connectivity index (χ2v) is 6.86. The van der Waals surface area contributed by atoms with Crippen LogP contribution in [0.15, 0.2) is 42.5 Å². The number of amides is 1. The van der Waals surface area contributed by atoms with Crippen molar-refractivity contribution in [1.82, 2.24) is 4.90 Å². The van der Waals surface area contributed by atoms with Gasteiger partial charge in [-0.1, -0.05) is 30.3 Å². The van der Waals surface area contributed by atoms with Gasteiger partial charge >= 0.3 is 6.09 Å². The van der Waals surface area contributed by atoms with Crippen LogP contribution >= 0.6 is 0 Å². The van der Waals surface area contributed by atoms with Gasteiger partial charge in [-0.25, -0.2) is 4.79 Å². The molecule has 1 fully saturated rings. The highest BCUT2D eigenvalue weighted by Gasteiger charge is 2.29. The van der Waals surface area contributed by atoms with E-state index in [2.05, 4.69) is 0 Å². The maximum Gasteiger partial charge on any atom is 0.410 e. The Kier molecular flexibility index (Phi) is 4.49. The number of likely N-dealkylation sites (tertiary alicyclic amines) is 1. The van der Waals surface area contributed by atoms with Gasteiger partial charge in [0.1, 0.15) is 6.61 Å². The van der Waals surface area contributed by atoms with Gasteiger partial charge in [-0.15, -0.1) is 0 Å². The Balaban J connectivity index is 1.49. The average molecular weight is 365 g/mol. The summed E-state index contributed by atoms with van der Waals surface area (Å²) in [7, 11) is 0. The minimum Gasteiger partial charge on any atom is -0.445 e. The number of aliphatic hydroxyl groups excluding tert-OH is 1. The van der Waals surface area contributed by atoms with Crippen LogP contribution in [0.4, 0.5) is 4.79 Å². The summed E-state index contributed by atoms with van der Waals surface area (Å²) in [4.78, 5) is 39.0. The molecule has 6 heteroatoms. The topological polar surface area (TPSA) is 83.9 Å². The fourth-order valence-corrected chi connectivity index (χ4v) is 3.52. The molecule has 138 valence electrons. The Morgan fingerprint density at radius 1 is 0.963 bits per heavy atom. The zero-order valence-corrected chi connectivity index (χ0v) is 14.7. The lowest BCUT2D eigenvalue weighted by molar-refractivity contribution is 0.0560. The molecule has 0 spiro atoms. The SMILES string of the molecule is O=C1c2ccccc2C(=O)c2cc(COC(=O)N3CCC(O)CC3)ccc21. The van der Waals surface area contributed by atoms with E-state index in [4.69, 9.17) is 4.74 Å². The van der Waals surface area contributed by atoms with Gasteiger partial charge in [0, 0.05) is 35.3 Å². The van der Waals surface area contributed by atoms with Crippen LogP contribution in [-0.4, -0.2) is 46.9 Å². The number of aliphatic hydroxyl groups is 1. The molecule has 1 N–H and O–H groups in total. The highest BCUT2D eigenvalue weighted by molar-refractivity contribution is 6.28. The van der Waals surface area contributed by atoms with Gasteiger partial charge in [0.05, 0.1) is 6.10 Å². The van der Waals surface area contributed by atoms with Crippen molar-refractivity contribution in [3.8, 4) is 0 Å². The van der Waals surface area contributed by atoms with E-state index in [1.54, 1.807) is 47.4 Å². The first-order chi connectivity index (χ1) is 13.0. The summed E-state index contributed by atoms with van der Waals surface area (Å²) in [6.45, 7) is 0.955. The third kappa shape index (κ3) is 3.24. The van der Waals surface area contributed by atoms with E-state index in [9.17, 15) is 19.5 Å². The van der Waals surface area contributed by atoms with Gasteiger partial charge in [-0.2, -0.15) is 0 Å². The molecule has 6 nitrogen and oxygen atoms in total. The van der Waals surface area contributed by atoms with E-state index in [1.807, 2.05) is 0 Å². The van der Waals surface area contributed by atoms with Crippen LogP contribution in [0.3, 0.4) is 0 Å². The van der Waals surface area contributed by atoms with Crippen molar-refractivity contribution >= 4 is 17.7 Å². The number of nitrogens with zero attached hydrogens (tertiary/aromatic N) is 1. The van der Waals surface area contributed by atoms with Crippen molar-refractivity contribution in [2.75, 3.05) is 13.1 Å². The third-order valence-corrected chi connectivity index (χ3v) is 5.07. The number of benzene rings is 2. The summed E-state index contributed by atoms with van der Waals surface area (Å²) in [5.41, 5.74) is 2.18. The van der Waals surface area contributed by atoms with Gasteiger partial charge in [-0.05, 0) is 30.5 Å². The minimum absolute atomic E-state index is 0.0221. The molecule has 1 saturated heterocycles. The summed E-state index contributed by atoms with van der Waals surface area (Å²) in [6.07, 6.45) is 0.294. The van der Waals surface area contributed by atoms with Crippen LogP contribution in [0.5, 0.6) is 0 Å². The fourth-order valence-electron chi connectivity index (χ4n) is 3.52. The smallest absolute Gasteiger partial charge is 0.410 e. The molecule has 0 atom stereocenters. The second-order valence-electron chi connectivity index (χ2n) is 6.86. The Bertz CT molecular complexity index is 928. The molecule has 0 saturated carbocycles. The Morgan fingerprint density at radius 2 is 1.56 bits per heavy atom. The molecular weight excluding hydrogens is 346 g/mol. The number of carbonyl (C=O) groups excluding carboxylic acids is 3. The number of ketones is 2. The molecule has 27 heavy (non-hydrogen) atoms. The quantitative estimate of drug-likeness (QED) is 0.755. The maximum atomic E-state index is 12.7. The number of carbonyl (C=O) groups is 3. The number of piperidine rings is 1. The number of hydrogen-bond acceptors (Lipinski definition) is 5. The van der Waals surface area contributed by atoms with E-state index >= 15 is 0 Å². The molecule has 0 unspecified atom stereocenters. The first-order valence-electron chi connectivity index (χ1n) is 8.95. The van der Waals surface area contributed by atoms with E-state index in [-0.39, 0.29) is 24.3 Å². The zero-order valence-electron chi connectivity index (χ0n) is 14.7.